The van der Waals surface area contributed by atoms with Crippen molar-refractivity contribution in [2.24, 2.45) is 0 Å². The number of rotatable bonds is 5. The second-order valence-corrected chi connectivity index (χ2v) is 4.87. The van der Waals surface area contributed by atoms with Gasteiger partial charge < -0.3 is 5.11 Å². The molecule has 1 atom stereocenters. The molecule has 1 aromatic carbocycles. The Morgan fingerprint density at radius 2 is 2.10 bits per heavy atom. The largest absolute Gasteiger partial charge is 0.481 e. The zero-order chi connectivity index (χ0) is 14.7. The molecular formula is C15H18N2O3. The minimum Gasteiger partial charge on any atom is -0.481 e. The standard InChI is InChI=1S/C15H18N2O3/c1-3-10(2)17-13(8-9-14(18)19)16-12-7-5-4-6-11(12)15(17)20/h4-7,10H,3,8-9H2,1-2H3,(H,18,19). The van der Waals surface area contributed by atoms with Gasteiger partial charge in [0.2, 0.25) is 0 Å². The normalized spacial score (nSPS) is 12.5. The zero-order valence-corrected chi connectivity index (χ0v) is 11.7. The molecule has 1 aromatic heterocycles. The molecule has 0 amide bonds. The fourth-order valence-electron chi connectivity index (χ4n) is 2.22. The number of carboxylic acids is 1. The number of aliphatic carboxylic acids is 1. The second kappa shape index (κ2) is 5.86. The van der Waals surface area contributed by atoms with Crippen molar-refractivity contribution in [2.45, 2.75) is 39.2 Å². The molecule has 0 saturated carbocycles. The van der Waals surface area contributed by atoms with Crippen LogP contribution in [-0.4, -0.2) is 20.6 Å². The maximum atomic E-state index is 12.6. The summed E-state index contributed by atoms with van der Waals surface area (Å²) in [6.07, 6.45) is 1.03. The van der Waals surface area contributed by atoms with E-state index in [-0.39, 0.29) is 24.4 Å². The van der Waals surface area contributed by atoms with Crippen LogP contribution in [0.5, 0.6) is 0 Å². The summed E-state index contributed by atoms with van der Waals surface area (Å²) in [5.74, 6) is -0.339. The van der Waals surface area contributed by atoms with E-state index in [0.29, 0.717) is 16.7 Å². The van der Waals surface area contributed by atoms with Crippen LogP contribution in [0.2, 0.25) is 0 Å². The van der Waals surface area contributed by atoms with Gasteiger partial charge in [-0.15, -0.1) is 0 Å². The quantitative estimate of drug-likeness (QED) is 0.908. The van der Waals surface area contributed by atoms with Crippen molar-refractivity contribution in [3.8, 4) is 0 Å². The summed E-state index contributed by atoms with van der Waals surface area (Å²) in [6, 6.07) is 7.17. The van der Waals surface area contributed by atoms with Crippen molar-refractivity contribution in [3.63, 3.8) is 0 Å². The topological polar surface area (TPSA) is 72.2 Å². The van der Waals surface area contributed by atoms with E-state index in [0.717, 1.165) is 6.42 Å². The van der Waals surface area contributed by atoms with Crippen LogP contribution in [0.15, 0.2) is 29.1 Å². The van der Waals surface area contributed by atoms with Crippen LogP contribution in [0.1, 0.15) is 38.6 Å². The van der Waals surface area contributed by atoms with Gasteiger partial charge in [0.25, 0.3) is 5.56 Å². The highest BCUT2D eigenvalue weighted by molar-refractivity contribution is 5.77. The highest BCUT2D eigenvalue weighted by Crippen LogP contribution is 2.15. The summed E-state index contributed by atoms with van der Waals surface area (Å²) >= 11 is 0. The molecule has 0 aliphatic carbocycles. The molecule has 1 N–H and O–H groups in total. The third-order valence-corrected chi connectivity index (χ3v) is 3.47. The molecule has 2 rings (SSSR count). The zero-order valence-electron chi connectivity index (χ0n) is 11.7. The highest BCUT2D eigenvalue weighted by Gasteiger charge is 2.15. The number of nitrogens with zero attached hydrogens (tertiary/aromatic N) is 2. The Balaban J connectivity index is 2.63. The fourth-order valence-corrected chi connectivity index (χ4v) is 2.22. The third-order valence-electron chi connectivity index (χ3n) is 3.47. The molecule has 1 heterocycles. The maximum Gasteiger partial charge on any atom is 0.303 e. The lowest BCUT2D eigenvalue weighted by Gasteiger charge is -2.18. The monoisotopic (exact) mass is 274 g/mol. The molecule has 106 valence electrons. The molecule has 2 aromatic rings. The summed E-state index contributed by atoms with van der Waals surface area (Å²) in [4.78, 5) is 27.8. The minimum absolute atomic E-state index is 0.00315. The molecule has 5 nitrogen and oxygen atoms in total. The molecule has 0 spiro atoms. The average Bonchev–Trinajstić information content (AvgIpc) is 2.44. The van der Waals surface area contributed by atoms with Crippen molar-refractivity contribution in [1.82, 2.24) is 9.55 Å². The van der Waals surface area contributed by atoms with Crippen LogP contribution in [-0.2, 0) is 11.2 Å². The molecule has 0 aliphatic heterocycles. The van der Waals surface area contributed by atoms with Crippen LogP contribution >= 0.6 is 0 Å². The van der Waals surface area contributed by atoms with Crippen molar-refractivity contribution in [2.75, 3.05) is 0 Å². The number of aromatic nitrogens is 2. The first-order valence-electron chi connectivity index (χ1n) is 6.76. The maximum absolute atomic E-state index is 12.6. The molecule has 20 heavy (non-hydrogen) atoms. The third kappa shape index (κ3) is 2.71. The van der Waals surface area contributed by atoms with Gasteiger partial charge in [0.05, 0.1) is 17.3 Å². The van der Waals surface area contributed by atoms with Crippen molar-refractivity contribution < 1.29 is 9.90 Å². The smallest absolute Gasteiger partial charge is 0.303 e. The lowest BCUT2D eigenvalue weighted by atomic mass is 10.2. The molecule has 1 unspecified atom stereocenters. The number of benzene rings is 1. The molecule has 0 aliphatic rings. The first kappa shape index (κ1) is 14.2. The van der Waals surface area contributed by atoms with Gasteiger partial charge >= 0.3 is 5.97 Å². The van der Waals surface area contributed by atoms with Crippen LogP contribution in [0, 0.1) is 0 Å². The lowest BCUT2D eigenvalue weighted by Crippen LogP contribution is -2.28. The number of fused-ring (bicyclic) bond motifs is 1. The van der Waals surface area contributed by atoms with Crippen LogP contribution in [0.4, 0.5) is 0 Å². The Labute approximate surface area is 116 Å². The van der Waals surface area contributed by atoms with Gasteiger partial charge in [-0.05, 0) is 25.5 Å². The van der Waals surface area contributed by atoms with Crippen molar-refractivity contribution >= 4 is 16.9 Å². The number of para-hydroxylation sites is 1. The van der Waals surface area contributed by atoms with Crippen LogP contribution in [0.3, 0.4) is 0 Å². The van der Waals surface area contributed by atoms with E-state index < -0.39 is 5.97 Å². The summed E-state index contributed by atoms with van der Waals surface area (Å²) in [5.41, 5.74) is 0.530. The Hall–Kier alpha value is -2.17. The molecule has 0 saturated heterocycles. The second-order valence-electron chi connectivity index (χ2n) is 4.87. The lowest BCUT2D eigenvalue weighted by molar-refractivity contribution is -0.137. The molecular weight excluding hydrogens is 256 g/mol. The van der Waals surface area contributed by atoms with Crippen LogP contribution < -0.4 is 5.56 Å². The Bertz CT molecular complexity index is 691. The van der Waals surface area contributed by atoms with Gasteiger partial charge in [-0.1, -0.05) is 19.1 Å². The van der Waals surface area contributed by atoms with E-state index in [1.807, 2.05) is 26.0 Å². The van der Waals surface area contributed by atoms with Crippen molar-refractivity contribution in [1.29, 1.82) is 0 Å². The van der Waals surface area contributed by atoms with E-state index in [1.54, 1.807) is 16.7 Å². The Morgan fingerprint density at radius 3 is 2.75 bits per heavy atom. The number of hydrogen-bond acceptors (Lipinski definition) is 3. The van der Waals surface area contributed by atoms with Gasteiger partial charge in [-0.3, -0.25) is 14.2 Å². The van der Waals surface area contributed by atoms with Gasteiger partial charge in [0, 0.05) is 12.5 Å². The van der Waals surface area contributed by atoms with E-state index in [9.17, 15) is 9.59 Å². The van der Waals surface area contributed by atoms with Gasteiger partial charge in [0.1, 0.15) is 5.82 Å². The summed E-state index contributed by atoms with van der Waals surface area (Å²) in [6.45, 7) is 3.94. The first-order valence-corrected chi connectivity index (χ1v) is 6.76. The number of aryl methyl sites for hydroxylation is 1. The predicted molar refractivity (Wildman–Crippen MR) is 77.0 cm³/mol. The van der Waals surface area contributed by atoms with E-state index in [2.05, 4.69) is 4.98 Å². The number of carboxylic acid groups (broad SMARTS) is 1. The highest BCUT2D eigenvalue weighted by atomic mass is 16.4. The Kier molecular flexibility index (Phi) is 4.17. The molecule has 0 radical (unpaired) electrons. The van der Waals surface area contributed by atoms with E-state index in [4.69, 9.17) is 5.11 Å². The summed E-state index contributed by atoms with van der Waals surface area (Å²) < 4.78 is 1.63. The minimum atomic E-state index is -0.886. The first-order chi connectivity index (χ1) is 9.54. The average molecular weight is 274 g/mol. The molecule has 0 bridgehead atoms. The van der Waals surface area contributed by atoms with Crippen molar-refractivity contribution in [3.05, 3.63) is 40.4 Å². The Morgan fingerprint density at radius 1 is 1.40 bits per heavy atom. The van der Waals surface area contributed by atoms with Gasteiger partial charge in [0.15, 0.2) is 0 Å². The fraction of sp³-hybridized carbons (Fsp3) is 0.400. The predicted octanol–water partition coefficient (Wildman–Crippen LogP) is 2.38. The van der Waals surface area contributed by atoms with Gasteiger partial charge in [-0.2, -0.15) is 0 Å². The SMILES string of the molecule is CCC(C)n1c(CCC(=O)O)nc2ccccc2c1=O. The van der Waals surface area contributed by atoms with Crippen LogP contribution in [0.25, 0.3) is 10.9 Å². The summed E-state index contributed by atoms with van der Waals surface area (Å²) in [5, 5.41) is 9.40. The molecule has 0 fully saturated rings. The number of carbonyl (C=O) groups is 1. The molecule has 5 heteroatoms. The number of hydrogen-bond donors (Lipinski definition) is 1. The van der Waals surface area contributed by atoms with E-state index >= 15 is 0 Å². The van der Waals surface area contributed by atoms with Gasteiger partial charge in [-0.25, -0.2) is 4.98 Å². The summed E-state index contributed by atoms with van der Waals surface area (Å²) in [7, 11) is 0. The van der Waals surface area contributed by atoms with E-state index in [1.165, 1.54) is 0 Å².